The highest BCUT2D eigenvalue weighted by Crippen LogP contribution is 2.40. The van der Waals surface area contributed by atoms with E-state index in [4.69, 9.17) is 9.47 Å². The Morgan fingerprint density at radius 2 is 1.94 bits per heavy atom. The maximum absolute atomic E-state index is 13.8. The van der Waals surface area contributed by atoms with Crippen molar-refractivity contribution < 1.29 is 14.3 Å². The Morgan fingerprint density at radius 1 is 1.15 bits per heavy atom. The average molecular weight is 467 g/mol. The van der Waals surface area contributed by atoms with Gasteiger partial charge in [-0.1, -0.05) is 25.1 Å². The largest absolute Gasteiger partial charge is 0.497 e. The van der Waals surface area contributed by atoms with E-state index in [0.717, 1.165) is 45.4 Å². The molecule has 2 fully saturated rings. The number of rotatable bonds is 7. The van der Waals surface area contributed by atoms with Gasteiger partial charge in [-0.25, -0.2) is 4.68 Å². The first-order chi connectivity index (χ1) is 16.7. The number of tetrazole rings is 1. The number of methoxy groups -OCH3 is 1. The zero-order chi connectivity index (χ0) is 23.5. The number of fused-ring (bicyclic) bond motifs is 1. The zero-order valence-corrected chi connectivity index (χ0v) is 20.0. The van der Waals surface area contributed by atoms with Crippen LogP contribution in [-0.4, -0.2) is 76.9 Å². The van der Waals surface area contributed by atoms with E-state index in [1.54, 1.807) is 18.1 Å². The normalized spacial score (nSPS) is 26.5. The summed E-state index contributed by atoms with van der Waals surface area (Å²) in [7, 11) is 1.66. The van der Waals surface area contributed by atoms with Gasteiger partial charge in [0.1, 0.15) is 12.1 Å². The SMILES string of the molecule is COCCn1nnnc1C(C1=COC2CCC(C)CC2C1=O)N1CCN(c2ccccc2)CC1. The van der Waals surface area contributed by atoms with Crippen LogP contribution in [-0.2, 0) is 20.8 Å². The Bertz CT molecular complexity index is 1000. The van der Waals surface area contributed by atoms with Crippen LogP contribution in [0, 0.1) is 11.8 Å². The third kappa shape index (κ3) is 4.59. The van der Waals surface area contributed by atoms with Crippen molar-refractivity contribution in [3.05, 3.63) is 48.0 Å². The van der Waals surface area contributed by atoms with Crippen molar-refractivity contribution in [1.29, 1.82) is 0 Å². The van der Waals surface area contributed by atoms with Gasteiger partial charge < -0.3 is 14.4 Å². The van der Waals surface area contributed by atoms with Gasteiger partial charge >= 0.3 is 0 Å². The molecule has 2 aromatic rings. The topological polar surface area (TPSA) is 85.6 Å². The van der Waals surface area contributed by atoms with Gasteiger partial charge in [0.2, 0.25) is 0 Å². The number of nitrogens with zero attached hydrogens (tertiary/aromatic N) is 6. The fourth-order valence-electron chi connectivity index (χ4n) is 5.54. The number of anilines is 1. The standard InChI is InChI=1S/C25H34N6O3/c1-18-8-9-22-20(16-18)24(32)21(17-34-22)23(25-26-27-28-31(25)14-15-33-2)30-12-10-29(11-13-30)19-6-4-3-5-7-19/h3-7,17-18,20,22-23H,8-16H2,1-2H3. The summed E-state index contributed by atoms with van der Waals surface area (Å²) in [6, 6.07) is 10.1. The molecule has 1 saturated heterocycles. The molecule has 0 N–H and O–H groups in total. The first kappa shape index (κ1) is 23.0. The fraction of sp³-hybridized carbons (Fsp3) is 0.600. The molecule has 0 bridgehead atoms. The molecule has 0 spiro atoms. The van der Waals surface area contributed by atoms with Crippen LogP contribution < -0.4 is 4.90 Å². The number of ketones is 1. The summed E-state index contributed by atoms with van der Waals surface area (Å²) in [5, 5.41) is 12.6. The lowest BCUT2D eigenvalue weighted by Crippen LogP contribution is -2.50. The maximum atomic E-state index is 13.8. The number of carbonyl (C=O) groups is 1. The van der Waals surface area contributed by atoms with Crippen molar-refractivity contribution in [3.63, 3.8) is 0 Å². The highest BCUT2D eigenvalue weighted by molar-refractivity contribution is 5.99. The average Bonchev–Trinajstić information content (AvgIpc) is 3.33. The molecule has 3 heterocycles. The van der Waals surface area contributed by atoms with Crippen molar-refractivity contribution in [2.24, 2.45) is 11.8 Å². The predicted molar refractivity (Wildman–Crippen MR) is 127 cm³/mol. The van der Waals surface area contributed by atoms with Crippen LogP contribution in [0.4, 0.5) is 5.69 Å². The summed E-state index contributed by atoms with van der Waals surface area (Å²) < 4.78 is 13.2. The third-order valence-corrected chi connectivity index (χ3v) is 7.45. The molecule has 0 amide bonds. The molecule has 4 unspecified atom stereocenters. The summed E-state index contributed by atoms with van der Waals surface area (Å²) in [5.41, 5.74) is 1.90. The summed E-state index contributed by atoms with van der Waals surface area (Å²) in [6.07, 6.45) is 4.63. The number of hydrogen-bond donors (Lipinski definition) is 0. The number of para-hydroxylation sites is 1. The molecule has 1 saturated carbocycles. The predicted octanol–water partition coefficient (Wildman–Crippen LogP) is 2.47. The summed E-state index contributed by atoms with van der Waals surface area (Å²) in [4.78, 5) is 18.5. The van der Waals surface area contributed by atoms with Gasteiger partial charge in [-0.3, -0.25) is 9.69 Å². The van der Waals surface area contributed by atoms with E-state index in [1.807, 2.05) is 6.07 Å². The maximum Gasteiger partial charge on any atom is 0.173 e. The zero-order valence-electron chi connectivity index (χ0n) is 20.0. The first-order valence-corrected chi connectivity index (χ1v) is 12.3. The molecule has 5 rings (SSSR count). The molecule has 1 aliphatic carbocycles. The monoisotopic (exact) mass is 466 g/mol. The van der Waals surface area contributed by atoms with E-state index in [-0.39, 0.29) is 23.8 Å². The first-order valence-electron chi connectivity index (χ1n) is 12.3. The second kappa shape index (κ2) is 10.2. The lowest BCUT2D eigenvalue weighted by molar-refractivity contribution is -0.129. The van der Waals surface area contributed by atoms with E-state index < -0.39 is 0 Å². The molecule has 1 aromatic heterocycles. The number of ether oxygens (including phenoxy) is 2. The minimum absolute atomic E-state index is 0.00693. The third-order valence-electron chi connectivity index (χ3n) is 7.45. The Morgan fingerprint density at radius 3 is 2.71 bits per heavy atom. The van der Waals surface area contributed by atoms with E-state index in [2.05, 4.69) is 56.5 Å². The van der Waals surface area contributed by atoms with Crippen LogP contribution in [0.1, 0.15) is 38.1 Å². The van der Waals surface area contributed by atoms with Gasteiger partial charge in [0, 0.05) is 39.0 Å². The number of aromatic nitrogens is 4. The van der Waals surface area contributed by atoms with Gasteiger partial charge in [-0.05, 0) is 47.7 Å². The highest BCUT2D eigenvalue weighted by Gasteiger charge is 2.44. The molecule has 182 valence electrons. The van der Waals surface area contributed by atoms with Crippen molar-refractivity contribution in [3.8, 4) is 0 Å². The second-order valence-corrected chi connectivity index (χ2v) is 9.65. The fourth-order valence-corrected chi connectivity index (χ4v) is 5.54. The van der Waals surface area contributed by atoms with E-state index in [9.17, 15) is 4.79 Å². The molecule has 3 aliphatic rings. The number of carbonyl (C=O) groups excluding carboxylic acids is 1. The Kier molecular flexibility index (Phi) is 6.92. The van der Waals surface area contributed by atoms with Gasteiger partial charge in [0.25, 0.3) is 0 Å². The molecule has 34 heavy (non-hydrogen) atoms. The summed E-state index contributed by atoms with van der Waals surface area (Å²) >= 11 is 0. The van der Waals surface area contributed by atoms with Crippen LogP contribution in [0.3, 0.4) is 0 Å². The molecule has 4 atom stereocenters. The van der Waals surface area contributed by atoms with E-state index >= 15 is 0 Å². The minimum Gasteiger partial charge on any atom is -0.497 e. The van der Waals surface area contributed by atoms with Gasteiger partial charge in [0.05, 0.1) is 30.9 Å². The molecular formula is C25H34N6O3. The number of Topliss-reactive ketones (excluding diaryl/α,β-unsaturated/α-hetero) is 1. The van der Waals surface area contributed by atoms with Crippen molar-refractivity contribution >= 4 is 11.5 Å². The number of hydrogen-bond acceptors (Lipinski definition) is 8. The smallest absolute Gasteiger partial charge is 0.173 e. The van der Waals surface area contributed by atoms with Gasteiger partial charge in [0.15, 0.2) is 11.6 Å². The number of piperazine rings is 1. The quantitative estimate of drug-likeness (QED) is 0.615. The second-order valence-electron chi connectivity index (χ2n) is 9.65. The van der Waals surface area contributed by atoms with E-state index in [1.165, 1.54) is 5.69 Å². The molecule has 1 aromatic carbocycles. The van der Waals surface area contributed by atoms with Crippen LogP contribution in [0.25, 0.3) is 0 Å². The Balaban J connectivity index is 1.42. The Hall–Kier alpha value is -2.78. The molecular weight excluding hydrogens is 432 g/mol. The molecule has 0 radical (unpaired) electrons. The van der Waals surface area contributed by atoms with Gasteiger partial charge in [-0.2, -0.15) is 0 Å². The van der Waals surface area contributed by atoms with Crippen LogP contribution in [0.5, 0.6) is 0 Å². The highest BCUT2D eigenvalue weighted by atomic mass is 16.5. The molecule has 2 aliphatic heterocycles. The van der Waals surface area contributed by atoms with Crippen LogP contribution in [0.15, 0.2) is 42.2 Å². The molecule has 9 nitrogen and oxygen atoms in total. The summed E-state index contributed by atoms with van der Waals surface area (Å²) in [6.45, 7) is 6.59. The van der Waals surface area contributed by atoms with Crippen molar-refractivity contribution in [2.75, 3.05) is 44.8 Å². The van der Waals surface area contributed by atoms with Crippen molar-refractivity contribution in [2.45, 2.75) is 44.9 Å². The number of benzene rings is 1. The summed E-state index contributed by atoms with van der Waals surface area (Å²) in [5.74, 6) is 1.32. The minimum atomic E-state index is -0.338. The van der Waals surface area contributed by atoms with Crippen LogP contribution >= 0.6 is 0 Å². The lowest BCUT2D eigenvalue weighted by Gasteiger charge is -2.42. The van der Waals surface area contributed by atoms with Crippen molar-refractivity contribution in [1.82, 2.24) is 25.1 Å². The Labute approximate surface area is 200 Å². The lowest BCUT2D eigenvalue weighted by atomic mass is 9.74. The van der Waals surface area contributed by atoms with Gasteiger partial charge in [-0.15, -0.1) is 5.10 Å². The van der Waals surface area contributed by atoms with Crippen LogP contribution in [0.2, 0.25) is 0 Å². The molecule has 9 heteroatoms. The van der Waals surface area contributed by atoms with E-state index in [0.29, 0.717) is 30.5 Å².